The quantitative estimate of drug-likeness (QED) is 0.334. The first kappa shape index (κ1) is 29.9. The molecule has 3 aromatic rings. The van der Waals surface area contributed by atoms with E-state index in [9.17, 15) is 20.0 Å². The van der Waals surface area contributed by atoms with Gasteiger partial charge in [0.2, 0.25) is 0 Å². The summed E-state index contributed by atoms with van der Waals surface area (Å²) in [5, 5.41) is 23.6. The Balaban J connectivity index is 1.87. The van der Waals surface area contributed by atoms with Gasteiger partial charge < -0.3 is 20.3 Å². The van der Waals surface area contributed by atoms with Gasteiger partial charge in [0.1, 0.15) is 17.1 Å². The summed E-state index contributed by atoms with van der Waals surface area (Å²) in [6, 6.07) is 25.1. The molecule has 2 unspecified atom stereocenters. The molecule has 2 aliphatic rings. The Hall–Kier alpha value is -4.58. The van der Waals surface area contributed by atoms with Crippen molar-refractivity contribution in [1.29, 1.82) is 5.26 Å². The maximum atomic E-state index is 13.7. The van der Waals surface area contributed by atoms with E-state index < -0.39 is 23.5 Å². The molecule has 1 aliphatic heterocycles. The van der Waals surface area contributed by atoms with Crippen LogP contribution in [-0.2, 0) is 24.7 Å². The largest absolute Gasteiger partial charge is 0.466 e. The summed E-state index contributed by atoms with van der Waals surface area (Å²) in [5.74, 6) is -2.98. The van der Waals surface area contributed by atoms with E-state index in [0.29, 0.717) is 21.7 Å². The third-order valence-electron chi connectivity index (χ3n) is 8.38. The molecule has 1 saturated carbocycles. The van der Waals surface area contributed by atoms with Crippen molar-refractivity contribution in [1.82, 2.24) is 0 Å². The minimum absolute atomic E-state index is 0.0317. The normalized spacial score (nSPS) is 18.7. The van der Waals surface area contributed by atoms with Crippen molar-refractivity contribution < 1.29 is 24.2 Å². The van der Waals surface area contributed by atoms with Gasteiger partial charge in [-0.15, -0.1) is 0 Å². The van der Waals surface area contributed by atoms with E-state index >= 15 is 0 Å². The van der Waals surface area contributed by atoms with Crippen LogP contribution >= 0.6 is 11.6 Å². The number of anilines is 1. The lowest BCUT2D eigenvalue weighted by Crippen LogP contribution is -2.43. The Morgan fingerprint density at radius 2 is 1.58 bits per heavy atom. The maximum Gasteiger partial charge on any atom is 0.355 e. The first-order chi connectivity index (χ1) is 20.8. The molecular weight excluding hydrogens is 566 g/mol. The molecule has 0 amide bonds. The number of carbonyl (C=O) groups excluding carboxylic acids is 2. The van der Waals surface area contributed by atoms with Gasteiger partial charge in [0.25, 0.3) is 0 Å². The van der Waals surface area contributed by atoms with E-state index in [2.05, 4.69) is 6.07 Å². The predicted octanol–water partition coefficient (Wildman–Crippen LogP) is 5.66. The molecule has 1 aliphatic carbocycles. The molecule has 1 heterocycles. The highest BCUT2D eigenvalue weighted by atomic mass is 35.5. The van der Waals surface area contributed by atoms with Crippen LogP contribution < -0.4 is 10.6 Å². The number of allylic oxidation sites excluding steroid dienone is 1. The lowest BCUT2D eigenvalue weighted by atomic mass is 9.74. The molecule has 3 N–H and O–H groups in total. The highest BCUT2D eigenvalue weighted by molar-refractivity contribution is 6.30. The third kappa shape index (κ3) is 5.16. The Labute approximate surface area is 255 Å². The van der Waals surface area contributed by atoms with E-state index in [-0.39, 0.29) is 34.3 Å². The average molecular weight is 598 g/mol. The van der Waals surface area contributed by atoms with Gasteiger partial charge in [-0.3, -0.25) is 4.90 Å². The highest BCUT2D eigenvalue weighted by Crippen LogP contribution is 2.51. The number of hydrogen-bond donors (Lipinski definition) is 2. The predicted molar refractivity (Wildman–Crippen MR) is 162 cm³/mol. The lowest BCUT2D eigenvalue weighted by molar-refractivity contribution is -0.139. The summed E-state index contributed by atoms with van der Waals surface area (Å²) >= 11 is 6.58. The minimum Gasteiger partial charge on any atom is -0.466 e. The second-order valence-corrected chi connectivity index (χ2v) is 11.0. The topological polar surface area (TPSA) is 126 Å². The number of benzene rings is 3. The molecule has 8 nitrogen and oxygen atoms in total. The van der Waals surface area contributed by atoms with Crippen LogP contribution in [0.2, 0.25) is 5.02 Å². The van der Waals surface area contributed by atoms with E-state index in [1.807, 2.05) is 30.3 Å². The molecule has 3 aromatic carbocycles. The van der Waals surface area contributed by atoms with Gasteiger partial charge in [-0.05, 0) is 48.1 Å². The van der Waals surface area contributed by atoms with E-state index in [0.717, 1.165) is 25.7 Å². The van der Waals surface area contributed by atoms with Gasteiger partial charge >= 0.3 is 11.9 Å². The van der Waals surface area contributed by atoms with Crippen molar-refractivity contribution in [3.63, 3.8) is 0 Å². The van der Waals surface area contributed by atoms with Crippen molar-refractivity contribution in [2.24, 2.45) is 11.7 Å². The Morgan fingerprint density at radius 3 is 2.16 bits per heavy atom. The van der Waals surface area contributed by atoms with Crippen LogP contribution in [0, 0.1) is 17.2 Å². The van der Waals surface area contributed by atoms with Gasteiger partial charge in [-0.1, -0.05) is 85.1 Å². The number of nitrogens with zero attached hydrogens (tertiary/aromatic N) is 2. The summed E-state index contributed by atoms with van der Waals surface area (Å²) in [4.78, 5) is 28.5. The van der Waals surface area contributed by atoms with Gasteiger partial charge in [0.15, 0.2) is 0 Å². The Kier molecular flexibility index (Phi) is 8.58. The van der Waals surface area contributed by atoms with E-state index in [1.165, 1.54) is 19.1 Å². The zero-order valence-corrected chi connectivity index (χ0v) is 24.7. The number of aliphatic hydroxyl groups is 1. The Bertz CT molecular complexity index is 1640. The van der Waals surface area contributed by atoms with Crippen molar-refractivity contribution in [2.45, 2.75) is 37.2 Å². The van der Waals surface area contributed by atoms with E-state index in [4.69, 9.17) is 26.8 Å². The number of rotatable bonds is 7. The van der Waals surface area contributed by atoms with Crippen molar-refractivity contribution in [3.05, 3.63) is 123 Å². The molecular formula is C34H32ClN3O5. The van der Waals surface area contributed by atoms with Crippen LogP contribution in [0.15, 0.2) is 102 Å². The molecule has 0 saturated heterocycles. The molecule has 1 fully saturated rings. The molecule has 0 spiro atoms. The molecule has 5 rings (SSSR count). The zero-order chi connectivity index (χ0) is 30.7. The van der Waals surface area contributed by atoms with Gasteiger partial charge in [0, 0.05) is 10.6 Å². The molecule has 220 valence electrons. The first-order valence-corrected chi connectivity index (χ1v) is 14.4. The second-order valence-electron chi connectivity index (χ2n) is 10.6. The fourth-order valence-corrected chi connectivity index (χ4v) is 6.59. The van der Waals surface area contributed by atoms with Gasteiger partial charge in [-0.25, -0.2) is 9.59 Å². The zero-order valence-electron chi connectivity index (χ0n) is 23.9. The Morgan fingerprint density at radius 1 is 0.977 bits per heavy atom. The van der Waals surface area contributed by atoms with Crippen LogP contribution in [0.1, 0.15) is 48.3 Å². The maximum absolute atomic E-state index is 13.7. The highest BCUT2D eigenvalue weighted by Gasteiger charge is 2.47. The number of halogens is 1. The number of esters is 2. The summed E-state index contributed by atoms with van der Waals surface area (Å²) in [6.45, 7) is 0. The fraction of sp³-hybridized carbons (Fsp3) is 0.265. The van der Waals surface area contributed by atoms with Crippen LogP contribution in [0.25, 0.3) is 0 Å². The van der Waals surface area contributed by atoms with Gasteiger partial charge in [-0.2, -0.15) is 5.26 Å². The second kappa shape index (κ2) is 12.3. The van der Waals surface area contributed by atoms with Crippen molar-refractivity contribution in [3.8, 4) is 6.07 Å². The standard InChI is InChI=1S/C34H32ClN3O5/c1-42-32(39)29-28(21-11-5-3-6-12-21)25(20-36)31(37)38(30(29)33(40)43-2)27-18-17-24(35)19-26(27)34(41,23-15-9-10-16-23)22-13-7-4-8-14-22/h3-8,11-14,17-19,23,28,41H,9-10,15-16,37H2,1-2H3. The van der Waals surface area contributed by atoms with Crippen LogP contribution in [0.5, 0.6) is 0 Å². The third-order valence-corrected chi connectivity index (χ3v) is 8.62. The number of methoxy groups -OCH3 is 2. The smallest absolute Gasteiger partial charge is 0.355 e. The van der Waals surface area contributed by atoms with Crippen LogP contribution in [-0.4, -0.2) is 31.3 Å². The molecule has 0 radical (unpaired) electrons. The van der Waals surface area contributed by atoms with Gasteiger partial charge in [0.05, 0.1) is 43.0 Å². The number of nitrogens with two attached hydrogens (primary N) is 1. The molecule has 2 atom stereocenters. The molecule has 0 aromatic heterocycles. The number of carbonyl (C=O) groups is 2. The van der Waals surface area contributed by atoms with Crippen molar-refractivity contribution >= 4 is 29.2 Å². The SMILES string of the molecule is COC(=O)C1=C(C(=O)OC)N(c2ccc(Cl)cc2C(O)(c2ccccc2)C2CCCC2)C(N)=C(C#N)C1c1ccccc1. The summed E-state index contributed by atoms with van der Waals surface area (Å²) in [7, 11) is 2.40. The minimum atomic E-state index is -1.55. The number of nitriles is 1. The lowest BCUT2D eigenvalue weighted by Gasteiger charge is -2.41. The number of ether oxygens (including phenoxy) is 2. The van der Waals surface area contributed by atoms with E-state index in [1.54, 1.807) is 48.5 Å². The van der Waals surface area contributed by atoms with Crippen LogP contribution in [0.3, 0.4) is 0 Å². The average Bonchev–Trinajstić information content (AvgIpc) is 3.60. The molecule has 43 heavy (non-hydrogen) atoms. The van der Waals surface area contributed by atoms with Crippen molar-refractivity contribution in [2.75, 3.05) is 19.1 Å². The fourth-order valence-electron chi connectivity index (χ4n) is 6.42. The first-order valence-electron chi connectivity index (χ1n) is 14.0. The summed E-state index contributed by atoms with van der Waals surface area (Å²) < 4.78 is 10.4. The molecule has 9 heteroatoms. The molecule has 0 bridgehead atoms. The monoisotopic (exact) mass is 597 g/mol. The summed E-state index contributed by atoms with van der Waals surface area (Å²) in [6.07, 6.45) is 3.40. The summed E-state index contributed by atoms with van der Waals surface area (Å²) in [5.41, 5.74) is 6.81. The van der Waals surface area contributed by atoms with Crippen LogP contribution in [0.4, 0.5) is 5.69 Å². The number of hydrogen-bond acceptors (Lipinski definition) is 8.